The zero-order chi connectivity index (χ0) is 20.3. The maximum Gasteiger partial charge on any atom is 0.191 e. The summed E-state index contributed by atoms with van der Waals surface area (Å²) in [6.45, 7) is 13.7. The number of pyridine rings is 1. The first-order chi connectivity index (χ1) is 13.4. The van der Waals surface area contributed by atoms with Crippen molar-refractivity contribution in [3.63, 3.8) is 0 Å². The van der Waals surface area contributed by atoms with E-state index in [9.17, 15) is 0 Å². The van der Waals surface area contributed by atoms with Gasteiger partial charge in [-0.3, -0.25) is 9.89 Å². The lowest BCUT2D eigenvalue weighted by molar-refractivity contribution is 0.265. The van der Waals surface area contributed by atoms with Crippen molar-refractivity contribution < 1.29 is 0 Å². The Bertz CT molecular complexity index is 807. The van der Waals surface area contributed by atoms with E-state index in [4.69, 9.17) is 0 Å². The molecule has 0 bridgehead atoms. The SMILES string of the molecule is CN=C(NCc1ccc(-n2nc(C)cc2C)nc1)NC1CN(C(C)C)CC1C. The largest absolute Gasteiger partial charge is 0.352 e. The third kappa shape index (κ3) is 4.70. The Morgan fingerprint density at radius 1 is 1.29 bits per heavy atom. The Labute approximate surface area is 168 Å². The summed E-state index contributed by atoms with van der Waals surface area (Å²) in [5.74, 6) is 2.28. The Kier molecular flexibility index (Phi) is 6.34. The van der Waals surface area contributed by atoms with E-state index in [1.807, 2.05) is 37.8 Å². The molecule has 1 fully saturated rings. The normalized spacial score (nSPS) is 20.8. The molecule has 2 aromatic heterocycles. The number of rotatable bonds is 5. The molecule has 0 aromatic carbocycles. The van der Waals surface area contributed by atoms with Crippen LogP contribution in [0.5, 0.6) is 0 Å². The van der Waals surface area contributed by atoms with Gasteiger partial charge in [0.2, 0.25) is 0 Å². The average molecular weight is 384 g/mol. The van der Waals surface area contributed by atoms with Gasteiger partial charge in [0.05, 0.1) is 5.69 Å². The number of aliphatic imine (C=N–C) groups is 1. The number of aryl methyl sites for hydroxylation is 2. The zero-order valence-corrected chi connectivity index (χ0v) is 17.9. The highest BCUT2D eigenvalue weighted by molar-refractivity contribution is 5.80. The first-order valence-corrected chi connectivity index (χ1v) is 10.1. The van der Waals surface area contributed by atoms with Gasteiger partial charge in [0.25, 0.3) is 0 Å². The Balaban J connectivity index is 1.56. The summed E-state index contributed by atoms with van der Waals surface area (Å²) in [5, 5.41) is 11.5. The van der Waals surface area contributed by atoms with Gasteiger partial charge < -0.3 is 10.6 Å². The van der Waals surface area contributed by atoms with Crippen molar-refractivity contribution in [2.24, 2.45) is 10.9 Å². The summed E-state index contributed by atoms with van der Waals surface area (Å²) in [6, 6.07) is 7.14. The smallest absolute Gasteiger partial charge is 0.191 e. The van der Waals surface area contributed by atoms with Gasteiger partial charge in [0.1, 0.15) is 0 Å². The molecule has 152 valence electrons. The molecule has 2 unspecified atom stereocenters. The van der Waals surface area contributed by atoms with Crippen LogP contribution in [-0.4, -0.2) is 57.8 Å². The lowest BCUT2D eigenvalue weighted by Crippen LogP contribution is -2.46. The molecule has 1 aliphatic heterocycles. The fourth-order valence-corrected chi connectivity index (χ4v) is 3.68. The number of guanidine groups is 1. The molecule has 28 heavy (non-hydrogen) atoms. The second-order valence-corrected chi connectivity index (χ2v) is 8.07. The molecule has 0 spiro atoms. The predicted octanol–water partition coefficient (Wildman–Crippen LogP) is 2.28. The van der Waals surface area contributed by atoms with Gasteiger partial charge in [-0.25, -0.2) is 9.67 Å². The van der Waals surface area contributed by atoms with Crippen LogP contribution in [0.25, 0.3) is 5.82 Å². The van der Waals surface area contributed by atoms with E-state index in [0.717, 1.165) is 41.8 Å². The predicted molar refractivity (Wildman–Crippen MR) is 114 cm³/mol. The second kappa shape index (κ2) is 8.73. The monoisotopic (exact) mass is 383 g/mol. The molecule has 0 radical (unpaired) electrons. The highest BCUT2D eigenvalue weighted by atomic mass is 15.3. The maximum atomic E-state index is 4.57. The van der Waals surface area contributed by atoms with Gasteiger partial charge in [-0.05, 0) is 51.3 Å². The molecule has 0 aliphatic carbocycles. The van der Waals surface area contributed by atoms with Gasteiger partial charge in [0, 0.05) is 50.7 Å². The summed E-state index contributed by atoms with van der Waals surface area (Å²) < 4.78 is 1.87. The van der Waals surface area contributed by atoms with Crippen molar-refractivity contribution in [3.05, 3.63) is 41.3 Å². The van der Waals surface area contributed by atoms with Gasteiger partial charge in [0.15, 0.2) is 11.8 Å². The molecular weight excluding hydrogens is 350 g/mol. The third-order valence-corrected chi connectivity index (χ3v) is 5.41. The van der Waals surface area contributed by atoms with Gasteiger partial charge in [-0.1, -0.05) is 13.0 Å². The van der Waals surface area contributed by atoms with Crippen LogP contribution in [-0.2, 0) is 6.54 Å². The molecule has 3 heterocycles. The molecular formula is C21H33N7. The fourth-order valence-electron chi connectivity index (χ4n) is 3.68. The van der Waals surface area contributed by atoms with Crippen LogP contribution >= 0.6 is 0 Å². The summed E-state index contributed by atoms with van der Waals surface area (Å²) in [4.78, 5) is 11.5. The van der Waals surface area contributed by atoms with Crippen molar-refractivity contribution >= 4 is 5.96 Å². The molecule has 2 aromatic rings. The molecule has 7 nitrogen and oxygen atoms in total. The minimum atomic E-state index is 0.417. The summed E-state index contributed by atoms with van der Waals surface area (Å²) in [6.07, 6.45) is 1.89. The second-order valence-electron chi connectivity index (χ2n) is 8.07. The van der Waals surface area contributed by atoms with E-state index in [-0.39, 0.29) is 0 Å². The zero-order valence-electron chi connectivity index (χ0n) is 17.9. The van der Waals surface area contributed by atoms with E-state index in [1.54, 1.807) is 0 Å². The van der Waals surface area contributed by atoms with Crippen LogP contribution in [0.4, 0.5) is 0 Å². The van der Waals surface area contributed by atoms with E-state index in [0.29, 0.717) is 24.5 Å². The van der Waals surface area contributed by atoms with E-state index in [2.05, 4.69) is 63.5 Å². The number of likely N-dealkylation sites (tertiary alicyclic amines) is 1. The van der Waals surface area contributed by atoms with Crippen LogP contribution in [0, 0.1) is 19.8 Å². The number of hydrogen-bond donors (Lipinski definition) is 2. The van der Waals surface area contributed by atoms with Crippen molar-refractivity contribution in [1.29, 1.82) is 0 Å². The number of nitrogens with one attached hydrogen (secondary N) is 2. The van der Waals surface area contributed by atoms with E-state index < -0.39 is 0 Å². The summed E-state index contributed by atoms with van der Waals surface area (Å²) >= 11 is 0. The Morgan fingerprint density at radius 3 is 2.61 bits per heavy atom. The van der Waals surface area contributed by atoms with E-state index in [1.165, 1.54) is 0 Å². The summed E-state index contributed by atoms with van der Waals surface area (Å²) in [5.41, 5.74) is 3.19. The highest BCUT2D eigenvalue weighted by Crippen LogP contribution is 2.18. The molecule has 1 aliphatic rings. The Morgan fingerprint density at radius 2 is 2.07 bits per heavy atom. The lowest BCUT2D eigenvalue weighted by atomic mass is 10.1. The molecule has 2 atom stereocenters. The first kappa shape index (κ1) is 20.3. The lowest BCUT2D eigenvalue weighted by Gasteiger charge is -2.22. The van der Waals surface area contributed by atoms with Crippen LogP contribution in [0.2, 0.25) is 0 Å². The number of nitrogens with zero attached hydrogens (tertiary/aromatic N) is 5. The molecule has 3 rings (SSSR count). The summed E-state index contributed by atoms with van der Waals surface area (Å²) in [7, 11) is 1.82. The molecule has 0 saturated carbocycles. The fraction of sp³-hybridized carbons (Fsp3) is 0.571. The van der Waals surface area contributed by atoms with Crippen molar-refractivity contribution in [3.8, 4) is 5.82 Å². The maximum absolute atomic E-state index is 4.57. The quantitative estimate of drug-likeness (QED) is 0.612. The van der Waals surface area contributed by atoms with Crippen molar-refractivity contribution in [2.45, 2.75) is 53.2 Å². The molecule has 2 N–H and O–H groups in total. The minimum absolute atomic E-state index is 0.417. The Hall–Kier alpha value is -2.41. The average Bonchev–Trinajstić information content (AvgIpc) is 3.20. The number of aromatic nitrogens is 3. The number of hydrogen-bond acceptors (Lipinski definition) is 4. The van der Waals surface area contributed by atoms with Gasteiger partial charge in [-0.15, -0.1) is 0 Å². The molecule has 7 heteroatoms. The molecule has 0 amide bonds. The first-order valence-electron chi connectivity index (χ1n) is 10.1. The standard InChI is InChI=1S/C21H33N7/c1-14(2)27-12-15(3)19(13-27)25-21(22-6)24-11-18-7-8-20(23-10-18)28-17(5)9-16(4)26-28/h7-10,14-15,19H,11-13H2,1-6H3,(H2,22,24,25). The van der Waals surface area contributed by atoms with Crippen LogP contribution < -0.4 is 10.6 Å². The van der Waals surface area contributed by atoms with Crippen LogP contribution in [0.3, 0.4) is 0 Å². The van der Waals surface area contributed by atoms with Crippen molar-refractivity contribution in [1.82, 2.24) is 30.3 Å². The molecule has 1 saturated heterocycles. The minimum Gasteiger partial charge on any atom is -0.352 e. The van der Waals surface area contributed by atoms with E-state index >= 15 is 0 Å². The topological polar surface area (TPSA) is 70.4 Å². The third-order valence-electron chi connectivity index (χ3n) is 5.41. The van der Waals surface area contributed by atoms with Gasteiger partial charge in [-0.2, -0.15) is 5.10 Å². The highest BCUT2D eigenvalue weighted by Gasteiger charge is 2.31. The van der Waals surface area contributed by atoms with Gasteiger partial charge >= 0.3 is 0 Å². The van der Waals surface area contributed by atoms with Crippen LogP contribution in [0.15, 0.2) is 29.4 Å². The van der Waals surface area contributed by atoms with Crippen molar-refractivity contribution in [2.75, 3.05) is 20.1 Å². The van der Waals surface area contributed by atoms with Crippen LogP contribution in [0.1, 0.15) is 37.7 Å².